The van der Waals surface area contributed by atoms with E-state index in [4.69, 9.17) is 4.74 Å². The van der Waals surface area contributed by atoms with Gasteiger partial charge in [-0.05, 0) is 78.8 Å². The van der Waals surface area contributed by atoms with Gasteiger partial charge in [-0.25, -0.2) is 0 Å². The Kier molecular flexibility index (Phi) is 4.85. The fourth-order valence-corrected chi connectivity index (χ4v) is 7.56. The molecule has 3 saturated carbocycles. The minimum atomic E-state index is -0.351. The highest BCUT2D eigenvalue weighted by Crippen LogP contribution is 2.67. The molecule has 0 heterocycles. The maximum absolute atomic E-state index is 12.1. The normalized spacial score (nSPS) is 46.5. The van der Waals surface area contributed by atoms with Gasteiger partial charge in [-0.15, -0.1) is 0 Å². The number of aliphatic hydroxyl groups excluding tert-OH is 1. The van der Waals surface area contributed by atoms with E-state index in [0.29, 0.717) is 30.8 Å². The van der Waals surface area contributed by atoms with E-state index in [1.54, 1.807) is 0 Å². The number of carbonyl (C=O) groups is 2. The number of rotatable bonds is 2. The quantitative estimate of drug-likeness (QED) is 0.570. The van der Waals surface area contributed by atoms with Crippen LogP contribution in [0.2, 0.25) is 0 Å². The van der Waals surface area contributed by atoms with Crippen molar-refractivity contribution in [1.29, 1.82) is 0 Å². The lowest BCUT2D eigenvalue weighted by Gasteiger charge is -2.60. The molecule has 7 atom stereocenters. The Labute approximate surface area is 168 Å². The molecular formula is C24H34O4. The van der Waals surface area contributed by atoms with Crippen molar-refractivity contribution in [2.45, 2.75) is 72.3 Å². The molecule has 4 aliphatic rings. The predicted octanol–water partition coefficient (Wildman–Crippen LogP) is 4.22. The Morgan fingerprint density at radius 3 is 2.79 bits per heavy atom. The maximum atomic E-state index is 12.1. The third-order valence-electron chi connectivity index (χ3n) is 8.68. The highest BCUT2D eigenvalue weighted by atomic mass is 16.5. The van der Waals surface area contributed by atoms with Crippen molar-refractivity contribution in [3.63, 3.8) is 0 Å². The molecule has 3 fully saturated rings. The monoisotopic (exact) mass is 386 g/mol. The van der Waals surface area contributed by atoms with E-state index in [2.05, 4.69) is 26.8 Å². The lowest BCUT2D eigenvalue weighted by atomic mass is 9.45. The van der Waals surface area contributed by atoms with Crippen LogP contribution in [0.25, 0.3) is 0 Å². The lowest BCUT2D eigenvalue weighted by Crippen LogP contribution is -2.57. The highest BCUT2D eigenvalue weighted by molar-refractivity contribution is 5.91. The summed E-state index contributed by atoms with van der Waals surface area (Å²) in [4.78, 5) is 23.2. The molecule has 0 saturated heterocycles. The number of carbonyl (C=O) groups excluding carboxylic acids is 2. The Morgan fingerprint density at radius 2 is 2.07 bits per heavy atom. The Bertz CT molecular complexity index is 750. The zero-order valence-corrected chi connectivity index (χ0v) is 17.7. The van der Waals surface area contributed by atoms with Crippen LogP contribution in [-0.4, -0.2) is 29.6 Å². The number of hydrogen-bond donors (Lipinski definition) is 1. The average molecular weight is 387 g/mol. The fourth-order valence-electron chi connectivity index (χ4n) is 7.56. The first-order chi connectivity index (χ1) is 13.2. The molecule has 4 rings (SSSR count). The molecule has 0 aromatic carbocycles. The first-order valence-electron chi connectivity index (χ1n) is 10.9. The molecule has 0 bridgehead atoms. The zero-order chi connectivity index (χ0) is 20.3. The number of ketones is 1. The van der Waals surface area contributed by atoms with Gasteiger partial charge in [0.2, 0.25) is 0 Å². The third kappa shape index (κ3) is 2.91. The molecule has 0 aromatic heterocycles. The molecule has 0 aromatic rings. The number of fused-ring (bicyclic) bond motifs is 5. The van der Waals surface area contributed by atoms with Gasteiger partial charge in [0.1, 0.15) is 6.61 Å². The summed E-state index contributed by atoms with van der Waals surface area (Å²) >= 11 is 0. The molecule has 4 heteroatoms. The number of ether oxygens (including phenoxy) is 1. The number of aliphatic hydroxyl groups is 1. The van der Waals surface area contributed by atoms with Crippen LogP contribution in [0.4, 0.5) is 0 Å². The van der Waals surface area contributed by atoms with E-state index in [0.717, 1.165) is 32.1 Å². The summed E-state index contributed by atoms with van der Waals surface area (Å²) in [5.74, 6) is 1.69. The second kappa shape index (κ2) is 6.83. The van der Waals surface area contributed by atoms with Crippen LogP contribution in [0, 0.1) is 34.5 Å². The van der Waals surface area contributed by atoms with Crippen LogP contribution in [0.1, 0.15) is 66.2 Å². The van der Waals surface area contributed by atoms with Crippen molar-refractivity contribution in [1.82, 2.24) is 0 Å². The topological polar surface area (TPSA) is 63.6 Å². The number of esters is 1. The molecule has 1 N–H and O–H groups in total. The van der Waals surface area contributed by atoms with Crippen molar-refractivity contribution in [2.24, 2.45) is 34.5 Å². The Hall–Kier alpha value is -1.42. The summed E-state index contributed by atoms with van der Waals surface area (Å²) in [5, 5.41) is 11.4. The summed E-state index contributed by atoms with van der Waals surface area (Å²) in [6.07, 6.45) is 9.15. The third-order valence-corrected chi connectivity index (χ3v) is 8.68. The minimum Gasteiger partial charge on any atom is -0.462 e. The van der Waals surface area contributed by atoms with Gasteiger partial charge in [0, 0.05) is 13.3 Å². The van der Waals surface area contributed by atoms with Crippen LogP contribution in [0.15, 0.2) is 23.3 Å². The fraction of sp³-hybridized carbons (Fsp3) is 0.750. The number of allylic oxidation sites excluding steroid dienone is 2. The first kappa shape index (κ1) is 19.9. The van der Waals surface area contributed by atoms with E-state index in [1.165, 1.54) is 18.1 Å². The molecule has 154 valence electrons. The van der Waals surface area contributed by atoms with Crippen LogP contribution in [0.3, 0.4) is 0 Å². The molecule has 0 amide bonds. The van der Waals surface area contributed by atoms with Gasteiger partial charge in [-0.2, -0.15) is 0 Å². The molecule has 4 aliphatic carbocycles. The summed E-state index contributed by atoms with van der Waals surface area (Å²) in [6, 6.07) is 0. The molecular weight excluding hydrogens is 352 g/mol. The molecule has 0 aliphatic heterocycles. The molecule has 0 radical (unpaired) electrons. The van der Waals surface area contributed by atoms with Crippen molar-refractivity contribution < 1.29 is 19.4 Å². The molecule has 4 nitrogen and oxygen atoms in total. The smallest absolute Gasteiger partial charge is 0.302 e. The second-order valence-electron chi connectivity index (χ2n) is 10.2. The van der Waals surface area contributed by atoms with Crippen molar-refractivity contribution in [2.75, 3.05) is 6.61 Å². The van der Waals surface area contributed by atoms with Crippen LogP contribution in [-0.2, 0) is 14.3 Å². The first-order valence-corrected chi connectivity index (χ1v) is 10.9. The largest absolute Gasteiger partial charge is 0.462 e. The van der Waals surface area contributed by atoms with Gasteiger partial charge in [0.25, 0.3) is 0 Å². The zero-order valence-electron chi connectivity index (χ0n) is 17.7. The van der Waals surface area contributed by atoms with Crippen LogP contribution >= 0.6 is 0 Å². The second-order valence-corrected chi connectivity index (χ2v) is 10.2. The summed E-state index contributed by atoms with van der Waals surface area (Å²) in [5.41, 5.74) is 2.58. The molecule has 0 spiro atoms. The van der Waals surface area contributed by atoms with Crippen LogP contribution < -0.4 is 0 Å². The molecule has 0 unspecified atom stereocenters. The van der Waals surface area contributed by atoms with Gasteiger partial charge < -0.3 is 9.84 Å². The van der Waals surface area contributed by atoms with Crippen LogP contribution in [0.5, 0.6) is 0 Å². The lowest BCUT2D eigenvalue weighted by molar-refractivity contribution is -0.139. The van der Waals surface area contributed by atoms with Gasteiger partial charge in [0.15, 0.2) is 5.78 Å². The highest BCUT2D eigenvalue weighted by Gasteiger charge is 2.61. The van der Waals surface area contributed by atoms with Gasteiger partial charge >= 0.3 is 5.97 Å². The van der Waals surface area contributed by atoms with Gasteiger partial charge in [-0.3, -0.25) is 9.59 Å². The van der Waals surface area contributed by atoms with Crippen molar-refractivity contribution in [3.8, 4) is 0 Å². The van der Waals surface area contributed by atoms with E-state index >= 15 is 0 Å². The number of hydrogen-bond acceptors (Lipinski definition) is 4. The van der Waals surface area contributed by atoms with E-state index < -0.39 is 0 Å². The standard InChI is InChI=1S/C24H34O4/c1-14-11-18-19-6-5-16(8-10-28-15(2)25)24(19,4)13-21(27)22(18)23(3)9-7-17(26)12-20(14)23/h8,12,14,18-19,21-22,27H,5-7,9-11,13H2,1-4H3/b16-8-/t14-,18+,19+,21+,22-,23+,24-/m1/s1. The van der Waals surface area contributed by atoms with E-state index in [9.17, 15) is 14.7 Å². The SMILES string of the molecule is CC(=O)OC/C=C1/CC[C@H]2[C@@H]3C[C@@H](C)C4=CC(=O)CC[C@]4(C)[C@H]3[C@@H](O)C[C@]12C. The summed E-state index contributed by atoms with van der Waals surface area (Å²) < 4.78 is 5.16. The van der Waals surface area contributed by atoms with Gasteiger partial charge in [-0.1, -0.05) is 31.9 Å². The van der Waals surface area contributed by atoms with E-state index in [1.807, 2.05) is 6.08 Å². The Balaban J connectivity index is 1.66. The Morgan fingerprint density at radius 1 is 1.32 bits per heavy atom. The summed E-state index contributed by atoms with van der Waals surface area (Å²) in [6.45, 7) is 8.66. The summed E-state index contributed by atoms with van der Waals surface area (Å²) in [7, 11) is 0. The van der Waals surface area contributed by atoms with Crippen molar-refractivity contribution >= 4 is 11.8 Å². The predicted molar refractivity (Wildman–Crippen MR) is 107 cm³/mol. The van der Waals surface area contributed by atoms with E-state index in [-0.39, 0.29) is 34.6 Å². The molecule has 28 heavy (non-hydrogen) atoms. The maximum Gasteiger partial charge on any atom is 0.302 e. The van der Waals surface area contributed by atoms with Crippen molar-refractivity contribution in [3.05, 3.63) is 23.3 Å². The average Bonchev–Trinajstić information content (AvgIpc) is 2.92. The minimum absolute atomic E-state index is 0.0114. The van der Waals surface area contributed by atoms with Gasteiger partial charge in [0.05, 0.1) is 6.10 Å².